The van der Waals surface area contributed by atoms with E-state index in [1.165, 1.54) is 6.21 Å². The third kappa shape index (κ3) is 4.14. The van der Waals surface area contributed by atoms with Crippen molar-refractivity contribution < 1.29 is 9.90 Å². The summed E-state index contributed by atoms with van der Waals surface area (Å²) in [6.07, 6.45) is 1.46. The average Bonchev–Trinajstić information content (AvgIpc) is 2.63. The van der Waals surface area contributed by atoms with Crippen LogP contribution in [-0.2, 0) is 4.79 Å². The summed E-state index contributed by atoms with van der Waals surface area (Å²) in [5, 5.41) is 18.9. The summed E-state index contributed by atoms with van der Waals surface area (Å²) in [5.74, 6) is -0.147. The Morgan fingerprint density at radius 2 is 1.84 bits per heavy atom. The molecular formula is C20H19N3O2. The van der Waals surface area contributed by atoms with Gasteiger partial charge in [0.15, 0.2) is 0 Å². The van der Waals surface area contributed by atoms with Gasteiger partial charge in [-0.2, -0.15) is 5.10 Å². The largest absolute Gasteiger partial charge is 0.507 e. The van der Waals surface area contributed by atoms with Gasteiger partial charge in [-0.05, 0) is 35.9 Å². The molecule has 0 aliphatic rings. The minimum absolute atomic E-state index is 0.113. The van der Waals surface area contributed by atoms with E-state index in [2.05, 4.69) is 15.8 Å². The second-order valence-electron chi connectivity index (χ2n) is 5.73. The Balaban J connectivity index is 1.62. The fourth-order valence-corrected chi connectivity index (χ4v) is 2.48. The van der Waals surface area contributed by atoms with E-state index < -0.39 is 0 Å². The van der Waals surface area contributed by atoms with E-state index in [1.807, 2.05) is 61.5 Å². The third-order valence-corrected chi connectivity index (χ3v) is 3.84. The highest BCUT2D eigenvalue weighted by Crippen LogP contribution is 2.25. The first-order valence-corrected chi connectivity index (χ1v) is 7.96. The van der Waals surface area contributed by atoms with Gasteiger partial charge in [0, 0.05) is 11.3 Å². The normalized spacial score (nSPS) is 10.9. The lowest BCUT2D eigenvalue weighted by molar-refractivity contribution is -0.119. The van der Waals surface area contributed by atoms with Crippen molar-refractivity contribution in [1.29, 1.82) is 0 Å². The third-order valence-electron chi connectivity index (χ3n) is 3.84. The molecule has 3 aromatic carbocycles. The number of nitrogens with one attached hydrogen (secondary N) is 2. The van der Waals surface area contributed by atoms with Gasteiger partial charge in [-0.25, -0.2) is 5.43 Å². The first-order valence-electron chi connectivity index (χ1n) is 7.96. The van der Waals surface area contributed by atoms with E-state index >= 15 is 0 Å². The number of anilines is 1. The number of benzene rings is 3. The van der Waals surface area contributed by atoms with E-state index in [9.17, 15) is 9.90 Å². The summed E-state index contributed by atoms with van der Waals surface area (Å²) in [5.41, 5.74) is 5.07. The molecule has 1 amide bonds. The van der Waals surface area contributed by atoms with Gasteiger partial charge >= 0.3 is 0 Å². The molecule has 0 radical (unpaired) electrons. The molecule has 0 atom stereocenters. The van der Waals surface area contributed by atoms with Crippen LogP contribution in [0.4, 0.5) is 5.69 Å². The van der Waals surface area contributed by atoms with Crippen LogP contribution in [0.3, 0.4) is 0 Å². The molecule has 0 saturated carbocycles. The van der Waals surface area contributed by atoms with Crippen LogP contribution in [0.25, 0.3) is 10.8 Å². The van der Waals surface area contributed by atoms with Crippen molar-refractivity contribution in [3.05, 3.63) is 71.8 Å². The number of hydrazone groups is 1. The first kappa shape index (κ1) is 16.5. The van der Waals surface area contributed by atoms with E-state index in [1.54, 1.807) is 6.07 Å². The topological polar surface area (TPSA) is 73.7 Å². The second-order valence-corrected chi connectivity index (χ2v) is 5.73. The van der Waals surface area contributed by atoms with Crippen molar-refractivity contribution in [1.82, 2.24) is 5.43 Å². The van der Waals surface area contributed by atoms with Crippen LogP contribution >= 0.6 is 0 Å². The first-order chi connectivity index (χ1) is 12.1. The lowest BCUT2D eigenvalue weighted by Gasteiger charge is -2.06. The van der Waals surface area contributed by atoms with Crippen LogP contribution in [-0.4, -0.2) is 23.8 Å². The predicted octanol–water partition coefficient (Wildman–Crippen LogP) is 3.42. The minimum atomic E-state index is -0.267. The van der Waals surface area contributed by atoms with E-state index in [4.69, 9.17) is 0 Å². The number of aryl methyl sites for hydroxylation is 1. The van der Waals surface area contributed by atoms with Crippen molar-refractivity contribution in [2.24, 2.45) is 5.10 Å². The highest BCUT2D eigenvalue weighted by Gasteiger charge is 2.05. The summed E-state index contributed by atoms with van der Waals surface area (Å²) in [6.45, 7) is 2.12. The van der Waals surface area contributed by atoms with Crippen molar-refractivity contribution in [2.45, 2.75) is 6.92 Å². The van der Waals surface area contributed by atoms with Gasteiger partial charge in [-0.15, -0.1) is 0 Å². The van der Waals surface area contributed by atoms with Crippen molar-refractivity contribution >= 4 is 28.6 Å². The molecule has 0 heterocycles. The van der Waals surface area contributed by atoms with Gasteiger partial charge in [-0.1, -0.05) is 48.0 Å². The fourth-order valence-electron chi connectivity index (χ4n) is 2.48. The van der Waals surface area contributed by atoms with Crippen LogP contribution in [0.5, 0.6) is 5.75 Å². The Morgan fingerprint density at radius 1 is 1.08 bits per heavy atom. The lowest BCUT2D eigenvalue weighted by Crippen LogP contribution is -2.25. The highest BCUT2D eigenvalue weighted by atomic mass is 16.3. The number of carbonyl (C=O) groups is 1. The average molecular weight is 333 g/mol. The summed E-state index contributed by atoms with van der Waals surface area (Å²) in [4.78, 5) is 11.9. The molecule has 25 heavy (non-hydrogen) atoms. The Kier molecular flexibility index (Phi) is 4.95. The maximum atomic E-state index is 11.9. The number of aromatic hydroxyl groups is 1. The van der Waals surface area contributed by atoms with E-state index in [0.717, 1.165) is 22.0 Å². The summed E-state index contributed by atoms with van der Waals surface area (Å²) in [7, 11) is 0. The molecule has 0 fully saturated rings. The van der Waals surface area contributed by atoms with Crippen molar-refractivity contribution in [3.63, 3.8) is 0 Å². The molecule has 0 aromatic heterocycles. The number of phenols is 1. The van der Waals surface area contributed by atoms with Gasteiger partial charge in [0.05, 0.1) is 12.8 Å². The summed E-state index contributed by atoms with van der Waals surface area (Å²) >= 11 is 0. The van der Waals surface area contributed by atoms with Gasteiger partial charge < -0.3 is 10.4 Å². The zero-order chi connectivity index (χ0) is 17.6. The van der Waals surface area contributed by atoms with Crippen LogP contribution < -0.4 is 10.7 Å². The van der Waals surface area contributed by atoms with Crippen LogP contribution in [0.15, 0.2) is 65.8 Å². The smallest absolute Gasteiger partial charge is 0.259 e. The van der Waals surface area contributed by atoms with Crippen LogP contribution in [0, 0.1) is 6.92 Å². The Bertz CT molecular complexity index is 918. The molecule has 0 unspecified atom stereocenters. The van der Waals surface area contributed by atoms with Gasteiger partial charge in [-0.3, -0.25) is 4.79 Å². The quantitative estimate of drug-likeness (QED) is 0.495. The number of amides is 1. The zero-order valence-corrected chi connectivity index (χ0v) is 13.9. The maximum Gasteiger partial charge on any atom is 0.259 e. The zero-order valence-electron chi connectivity index (χ0n) is 13.9. The Hall–Kier alpha value is -3.34. The predicted molar refractivity (Wildman–Crippen MR) is 101 cm³/mol. The van der Waals surface area contributed by atoms with Gasteiger partial charge in [0.2, 0.25) is 0 Å². The number of phenolic OH excluding ortho intramolecular Hbond substituents is 1. The molecule has 126 valence electrons. The number of nitrogens with zero attached hydrogens (tertiary/aromatic N) is 1. The standard InChI is InChI=1S/C20H19N3O2/c1-14-6-9-16(10-7-14)21-13-20(25)23-22-12-18-17-5-3-2-4-15(17)8-11-19(18)24/h2-12,21,24H,13H2,1H3,(H,23,25). The number of hydrogen-bond acceptors (Lipinski definition) is 4. The van der Waals surface area contributed by atoms with Gasteiger partial charge in [0.1, 0.15) is 5.75 Å². The summed E-state index contributed by atoms with van der Waals surface area (Å²) in [6, 6.07) is 18.9. The van der Waals surface area contributed by atoms with E-state index in [0.29, 0.717) is 5.56 Å². The number of hydrogen-bond donors (Lipinski definition) is 3. The number of carbonyl (C=O) groups excluding carboxylic acids is 1. The molecular weight excluding hydrogens is 314 g/mol. The lowest BCUT2D eigenvalue weighted by atomic mass is 10.0. The highest BCUT2D eigenvalue weighted by molar-refractivity contribution is 6.02. The Labute approximate surface area is 146 Å². The molecule has 0 spiro atoms. The van der Waals surface area contributed by atoms with Crippen molar-refractivity contribution in [3.8, 4) is 5.75 Å². The van der Waals surface area contributed by atoms with Crippen LogP contribution in [0.2, 0.25) is 0 Å². The van der Waals surface area contributed by atoms with Crippen molar-refractivity contribution in [2.75, 3.05) is 11.9 Å². The summed E-state index contributed by atoms with van der Waals surface area (Å²) < 4.78 is 0. The fraction of sp³-hybridized carbons (Fsp3) is 0.100. The molecule has 3 rings (SSSR count). The SMILES string of the molecule is Cc1ccc(NCC(=O)NN=Cc2c(O)ccc3ccccc23)cc1. The van der Waals surface area contributed by atoms with E-state index in [-0.39, 0.29) is 18.2 Å². The number of fused-ring (bicyclic) bond motifs is 1. The van der Waals surface area contributed by atoms with Gasteiger partial charge in [0.25, 0.3) is 5.91 Å². The number of rotatable bonds is 5. The van der Waals surface area contributed by atoms with Crippen LogP contribution in [0.1, 0.15) is 11.1 Å². The minimum Gasteiger partial charge on any atom is -0.507 e. The molecule has 0 aliphatic heterocycles. The molecule has 5 heteroatoms. The molecule has 0 saturated heterocycles. The molecule has 0 bridgehead atoms. The molecule has 0 aliphatic carbocycles. The second kappa shape index (κ2) is 7.49. The molecule has 3 aromatic rings. The molecule has 5 nitrogen and oxygen atoms in total. The monoisotopic (exact) mass is 333 g/mol. The Morgan fingerprint density at radius 3 is 2.64 bits per heavy atom. The maximum absolute atomic E-state index is 11.9. The molecule has 3 N–H and O–H groups in total.